The van der Waals surface area contributed by atoms with Gasteiger partial charge in [-0.2, -0.15) is 0 Å². The van der Waals surface area contributed by atoms with Crippen molar-refractivity contribution in [1.82, 2.24) is 9.88 Å². The van der Waals surface area contributed by atoms with E-state index < -0.39 is 5.91 Å². The zero-order valence-electron chi connectivity index (χ0n) is 17.3. The van der Waals surface area contributed by atoms with Crippen LogP contribution in [-0.4, -0.2) is 41.4 Å². The summed E-state index contributed by atoms with van der Waals surface area (Å²) >= 11 is 0. The number of hydrogen-bond acceptors (Lipinski definition) is 4. The molecule has 0 spiro atoms. The van der Waals surface area contributed by atoms with Crippen LogP contribution in [0.15, 0.2) is 42.6 Å². The van der Waals surface area contributed by atoms with Crippen LogP contribution in [0.3, 0.4) is 0 Å². The topological polar surface area (TPSA) is 85.5 Å². The highest BCUT2D eigenvalue weighted by Gasteiger charge is 2.28. The van der Waals surface area contributed by atoms with Crippen LogP contribution in [0.5, 0.6) is 0 Å². The van der Waals surface area contributed by atoms with Crippen molar-refractivity contribution in [2.24, 2.45) is 11.7 Å². The molecule has 2 N–H and O–H groups in total. The van der Waals surface area contributed by atoms with E-state index in [0.29, 0.717) is 37.6 Å². The van der Waals surface area contributed by atoms with Crippen molar-refractivity contribution in [3.05, 3.63) is 53.9 Å². The minimum Gasteiger partial charge on any atom is -0.368 e. The van der Waals surface area contributed by atoms with Gasteiger partial charge >= 0.3 is 0 Å². The second-order valence-electron chi connectivity index (χ2n) is 8.32. The van der Waals surface area contributed by atoms with Gasteiger partial charge in [-0.05, 0) is 42.5 Å². The zero-order chi connectivity index (χ0) is 20.9. The highest BCUT2D eigenvalue weighted by atomic mass is 16.5. The minimum atomic E-state index is -0.449. The molecular formula is C24H29N3O3. The fourth-order valence-corrected chi connectivity index (χ4v) is 4.44. The molecule has 2 fully saturated rings. The van der Waals surface area contributed by atoms with Crippen molar-refractivity contribution in [2.45, 2.75) is 44.6 Å². The van der Waals surface area contributed by atoms with Crippen LogP contribution in [0, 0.1) is 5.92 Å². The Morgan fingerprint density at radius 2 is 1.93 bits per heavy atom. The van der Waals surface area contributed by atoms with Gasteiger partial charge in [0.15, 0.2) is 0 Å². The van der Waals surface area contributed by atoms with Gasteiger partial charge in [-0.25, -0.2) is 0 Å². The summed E-state index contributed by atoms with van der Waals surface area (Å²) in [6.45, 7) is 1.74. The Morgan fingerprint density at radius 3 is 2.67 bits per heavy atom. The summed E-state index contributed by atoms with van der Waals surface area (Å²) in [5, 5.41) is 0. The molecule has 4 rings (SSSR count). The second-order valence-corrected chi connectivity index (χ2v) is 8.32. The van der Waals surface area contributed by atoms with E-state index in [1.54, 1.807) is 18.3 Å². The van der Waals surface area contributed by atoms with Crippen LogP contribution < -0.4 is 5.73 Å². The molecule has 1 atom stereocenters. The Labute approximate surface area is 177 Å². The number of primary amides is 1. The molecule has 2 amide bonds. The molecule has 0 unspecified atom stereocenters. The lowest BCUT2D eigenvalue weighted by molar-refractivity contribution is -0.140. The number of benzene rings is 1. The standard InChI is InChI=1S/C24H29N3O3/c25-24(29)19-8-4-7-18(14-19)20-9-10-21(26-15-20)22-16-27(11-12-30-22)23(28)13-17-5-2-1-3-6-17/h4,7-10,14-15,17,22H,1-3,5-6,11-13,16H2,(H2,25,29)/t22-/m1/s1. The van der Waals surface area contributed by atoms with Gasteiger partial charge in [0.05, 0.1) is 18.8 Å². The number of morpholine rings is 1. The summed E-state index contributed by atoms with van der Waals surface area (Å²) in [5.74, 6) is 0.339. The number of carbonyl (C=O) groups excluding carboxylic acids is 2. The molecule has 2 aliphatic rings. The molecule has 2 heterocycles. The summed E-state index contributed by atoms with van der Waals surface area (Å²) < 4.78 is 5.91. The first-order chi connectivity index (χ1) is 14.6. The summed E-state index contributed by atoms with van der Waals surface area (Å²) in [4.78, 5) is 30.7. The Balaban J connectivity index is 1.40. The third-order valence-corrected chi connectivity index (χ3v) is 6.20. The van der Waals surface area contributed by atoms with Crippen LogP contribution in [0.1, 0.15) is 60.7 Å². The molecule has 1 aliphatic carbocycles. The predicted octanol–water partition coefficient (Wildman–Crippen LogP) is 3.72. The smallest absolute Gasteiger partial charge is 0.248 e. The quantitative estimate of drug-likeness (QED) is 0.819. The van der Waals surface area contributed by atoms with Crippen molar-refractivity contribution in [3.63, 3.8) is 0 Å². The van der Waals surface area contributed by atoms with Crippen molar-refractivity contribution < 1.29 is 14.3 Å². The first-order valence-electron chi connectivity index (χ1n) is 10.9. The number of aromatic nitrogens is 1. The number of amides is 2. The van der Waals surface area contributed by atoms with Gasteiger partial charge < -0.3 is 15.4 Å². The number of nitrogens with zero attached hydrogens (tertiary/aromatic N) is 2. The van der Waals surface area contributed by atoms with Crippen LogP contribution in [-0.2, 0) is 9.53 Å². The van der Waals surface area contributed by atoms with Gasteiger partial charge in [0.2, 0.25) is 11.8 Å². The maximum atomic E-state index is 12.8. The fourth-order valence-electron chi connectivity index (χ4n) is 4.44. The van der Waals surface area contributed by atoms with E-state index in [9.17, 15) is 9.59 Å². The molecule has 1 aromatic heterocycles. The van der Waals surface area contributed by atoms with E-state index in [4.69, 9.17) is 10.5 Å². The molecule has 1 aliphatic heterocycles. The number of rotatable bonds is 5. The molecule has 6 nitrogen and oxygen atoms in total. The first kappa shape index (κ1) is 20.5. The van der Waals surface area contributed by atoms with E-state index in [2.05, 4.69) is 4.98 Å². The maximum absolute atomic E-state index is 12.8. The predicted molar refractivity (Wildman–Crippen MR) is 115 cm³/mol. The van der Waals surface area contributed by atoms with E-state index in [-0.39, 0.29) is 12.0 Å². The summed E-state index contributed by atoms with van der Waals surface area (Å²) in [6.07, 6.45) is 8.40. The Bertz CT molecular complexity index is 891. The minimum absolute atomic E-state index is 0.208. The van der Waals surface area contributed by atoms with E-state index in [1.807, 2.05) is 29.2 Å². The Morgan fingerprint density at radius 1 is 1.10 bits per heavy atom. The van der Waals surface area contributed by atoms with Gasteiger partial charge in [-0.1, -0.05) is 37.5 Å². The zero-order valence-corrected chi connectivity index (χ0v) is 17.3. The van der Waals surface area contributed by atoms with Gasteiger partial charge in [0, 0.05) is 30.3 Å². The molecule has 1 saturated heterocycles. The van der Waals surface area contributed by atoms with Crippen LogP contribution in [0.25, 0.3) is 11.1 Å². The normalized spacial score (nSPS) is 20.1. The summed E-state index contributed by atoms with van der Waals surface area (Å²) in [5.41, 5.74) is 8.46. The highest BCUT2D eigenvalue weighted by molar-refractivity contribution is 5.94. The number of carbonyl (C=O) groups is 2. The Hall–Kier alpha value is -2.73. The molecule has 1 aromatic carbocycles. The molecule has 158 valence electrons. The third kappa shape index (κ3) is 4.87. The van der Waals surface area contributed by atoms with Crippen LogP contribution in [0.2, 0.25) is 0 Å². The van der Waals surface area contributed by atoms with Crippen LogP contribution in [0.4, 0.5) is 0 Å². The molecule has 0 bridgehead atoms. The third-order valence-electron chi connectivity index (χ3n) is 6.20. The molecule has 6 heteroatoms. The number of pyridine rings is 1. The summed E-state index contributed by atoms with van der Waals surface area (Å²) in [7, 11) is 0. The van der Waals surface area contributed by atoms with Gasteiger partial charge in [-0.3, -0.25) is 14.6 Å². The Kier molecular flexibility index (Phi) is 6.43. The SMILES string of the molecule is NC(=O)c1cccc(-c2ccc([C@H]3CN(C(=O)CC4CCCCC4)CCO3)nc2)c1. The monoisotopic (exact) mass is 407 g/mol. The van der Waals surface area contributed by atoms with Crippen LogP contribution >= 0.6 is 0 Å². The highest BCUT2D eigenvalue weighted by Crippen LogP contribution is 2.29. The van der Waals surface area contributed by atoms with Crippen molar-refractivity contribution in [1.29, 1.82) is 0 Å². The lowest BCUT2D eigenvalue weighted by atomic mass is 9.86. The van der Waals surface area contributed by atoms with E-state index in [0.717, 1.165) is 16.8 Å². The first-order valence-corrected chi connectivity index (χ1v) is 10.9. The van der Waals surface area contributed by atoms with Crippen molar-refractivity contribution in [3.8, 4) is 11.1 Å². The average Bonchev–Trinajstić information content (AvgIpc) is 2.80. The number of nitrogens with two attached hydrogens (primary N) is 1. The molecule has 2 aromatic rings. The van der Waals surface area contributed by atoms with Gasteiger partial charge in [-0.15, -0.1) is 0 Å². The molecule has 0 radical (unpaired) electrons. The van der Waals surface area contributed by atoms with E-state index in [1.165, 1.54) is 32.1 Å². The number of ether oxygens (including phenoxy) is 1. The van der Waals surface area contributed by atoms with Gasteiger partial charge in [0.25, 0.3) is 0 Å². The van der Waals surface area contributed by atoms with Crippen molar-refractivity contribution >= 4 is 11.8 Å². The largest absolute Gasteiger partial charge is 0.368 e. The molecule has 30 heavy (non-hydrogen) atoms. The van der Waals surface area contributed by atoms with Gasteiger partial charge in [0.1, 0.15) is 6.10 Å². The summed E-state index contributed by atoms with van der Waals surface area (Å²) in [6, 6.07) is 11.1. The lowest BCUT2D eigenvalue weighted by Crippen LogP contribution is -2.43. The van der Waals surface area contributed by atoms with Crippen molar-refractivity contribution in [2.75, 3.05) is 19.7 Å². The lowest BCUT2D eigenvalue weighted by Gasteiger charge is -2.34. The fraction of sp³-hybridized carbons (Fsp3) is 0.458. The number of hydrogen-bond donors (Lipinski definition) is 1. The molecule has 1 saturated carbocycles. The van der Waals surface area contributed by atoms with E-state index >= 15 is 0 Å². The second kappa shape index (κ2) is 9.39. The molecular weight excluding hydrogens is 378 g/mol. The average molecular weight is 408 g/mol. The maximum Gasteiger partial charge on any atom is 0.248 e.